The molecule has 0 radical (unpaired) electrons. The van der Waals surface area contributed by atoms with E-state index in [9.17, 15) is 18.0 Å². The molecule has 1 rings (SSSR count). The first kappa shape index (κ1) is 20.0. The number of alkyl halides is 3. The predicted octanol–water partition coefficient (Wildman–Crippen LogP) is 2.54. The van der Waals surface area contributed by atoms with E-state index in [2.05, 4.69) is 10.6 Å². The highest BCUT2D eigenvalue weighted by atomic mass is 19.4. The third-order valence-electron chi connectivity index (χ3n) is 2.53. The van der Waals surface area contributed by atoms with Gasteiger partial charge in [0.1, 0.15) is 5.60 Å². The van der Waals surface area contributed by atoms with Crippen LogP contribution in [0, 0.1) is 5.92 Å². The Kier molecular flexibility index (Phi) is 8.02. The number of halogens is 3. The van der Waals surface area contributed by atoms with Crippen molar-refractivity contribution < 1.29 is 30.7 Å². The quantitative estimate of drug-likeness (QED) is 0.695. The van der Waals surface area contributed by atoms with Crippen LogP contribution in [0.5, 0.6) is 0 Å². The molecule has 0 bridgehead atoms. The minimum Gasteiger partial charge on any atom is -0.444 e. The van der Waals surface area contributed by atoms with Crippen molar-refractivity contribution in [1.82, 2.24) is 10.6 Å². The van der Waals surface area contributed by atoms with Crippen molar-refractivity contribution in [2.24, 2.45) is 5.92 Å². The molecule has 130 valence electrons. The molecule has 1 heterocycles. The van der Waals surface area contributed by atoms with Crippen LogP contribution >= 0.6 is 0 Å². The van der Waals surface area contributed by atoms with Gasteiger partial charge in [-0.05, 0) is 34.1 Å². The fourth-order valence-electron chi connectivity index (χ4n) is 1.78. The summed E-state index contributed by atoms with van der Waals surface area (Å²) in [7, 11) is 0. The lowest BCUT2D eigenvalue weighted by Crippen LogP contribution is -2.52. The summed E-state index contributed by atoms with van der Waals surface area (Å²) < 4.78 is 42.6. The van der Waals surface area contributed by atoms with Gasteiger partial charge in [0.25, 0.3) is 0 Å². The molecule has 1 fully saturated rings. The summed E-state index contributed by atoms with van der Waals surface area (Å²) in [5.74, 6) is -1.42. The number of nitrogens with one attached hydrogen (secondary N) is 2. The molecule has 1 saturated heterocycles. The van der Waals surface area contributed by atoms with Crippen LogP contribution in [-0.4, -0.2) is 48.7 Å². The zero-order valence-corrected chi connectivity index (χ0v) is 12.9. The molecule has 0 saturated carbocycles. The van der Waals surface area contributed by atoms with Gasteiger partial charge in [0.05, 0.1) is 5.92 Å². The molecule has 3 N–H and O–H groups in total. The first-order valence-corrected chi connectivity index (χ1v) is 6.87. The second-order valence-corrected chi connectivity index (χ2v) is 5.79. The summed E-state index contributed by atoms with van der Waals surface area (Å²) in [4.78, 5) is 11.4. The maximum absolute atomic E-state index is 12.5. The van der Waals surface area contributed by atoms with Crippen LogP contribution in [0.4, 0.5) is 18.0 Å². The van der Waals surface area contributed by atoms with Crippen LogP contribution in [0.25, 0.3) is 0 Å². The minimum absolute atomic E-state index is 0. The van der Waals surface area contributed by atoms with Crippen LogP contribution in [0.3, 0.4) is 0 Å². The second-order valence-electron chi connectivity index (χ2n) is 5.79. The first-order valence-electron chi connectivity index (χ1n) is 6.87. The molecule has 0 aromatic heterocycles. The number of aliphatic hydroxyl groups is 1. The van der Waals surface area contributed by atoms with Crippen molar-refractivity contribution in [2.75, 3.05) is 19.7 Å². The highest BCUT2D eigenvalue weighted by Gasteiger charge is 2.42. The van der Waals surface area contributed by atoms with Gasteiger partial charge >= 0.3 is 12.3 Å². The summed E-state index contributed by atoms with van der Waals surface area (Å²) in [6.45, 7) is 7.25. The molecule has 0 spiro atoms. The van der Waals surface area contributed by atoms with Gasteiger partial charge in [0, 0.05) is 28.6 Å². The van der Waals surface area contributed by atoms with E-state index in [1.807, 2.05) is 0 Å². The van der Waals surface area contributed by atoms with E-state index in [1.54, 1.807) is 27.7 Å². The Morgan fingerprint density at radius 2 is 1.90 bits per heavy atom. The molecule has 21 heavy (non-hydrogen) atoms. The fourth-order valence-corrected chi connectivity index (χ4v) is 1.78. The molecule has 0 aromatic rings. The molecule has 5 nitrogen and oxygen atoms in total. The average molecular weight is 318 g/mol. The Morgan fingerprint density at radius 1 is 1.38 bits per heavy atom. The highest BCUT2D eigenvalue weighted by Crippen LogP contribution is 2.30. The van der Waals surface area contributed by atoms with Gasteiger partial charge in [-0.15, -0.1) is 0 Å². The van der Waals surface area contributed by atoms with Crippen LogP contribution in [-0.2, 0) is 4.74 Å². The van der Waals surface area contributed by atoms with E-state index in [-0.39, 0.29) is 22.4 Å². The molecule has 0 aromatic carbocycles. The van der Waals surface area contributed by atoms with Gasteiger partial charge in [-0.1, -0.05) is 0 Å². The summed E-state index contributed by atoms with van der Waals surface area (Å²) in [6, 6.07) is -0.555. The SMILES string of the molecule is CC(C)(C)OC(=O)N[C@@H]1CNC[C@H](C(F)(F)F)C1.CCO.[HH].[HH]. The van der Waals surface area contributed by atoms with E-state index < -0.39 is 29.8 Å². The van der Waals surface area contributed by atoms with Gasteiger partial charge < -0.3 is 20.5 Å². The monoisotopic (exact) mass is 318 g/mol. The van der Waals surface area contributed by atoms with Gasteiger partial charge in [0.15, 0.2) is 0 Å². The molecule has 0 unspecified atom stereocenters. The topological polar surface area (TPSA) is 70.6 Å². The lowest BCUT2D eigenvalue weighted by Gasteiger charge is -2.32. The normalized spacial score (nSPS) is 22.9. The third-order valence-corrected chi connectivity index (χ3v) is 2.53. The zero-order chi connectivity index (χ0) is 16.7. The molecule has 0 aliphatic carbocycles. The van der Waals surface area contributed by atoms with Crippen LogP contribution < -0.4 is 10.6 Å². The summed E-state index contributed by atoms with van der Waals surface area (Å²) in [6.07, 6.45) is -5.03. The van der Waals surface area contributed by atoms with Crippen molar-refractivity contribution in [3.8, 4) is 0 Å². The highest BCUT2D eigenvalue weighted by molar-refractivity contribution is 5.68. The maximum atomic E-state index is 12.5. The fraction of sp³-hybridized carbons (Fsp3) is 0.923. The number of hydrogen-bond donors (Lipinski definition) is 3. The number of aliphatic hydroxyl groups excluding tert-OH is 1. The first-order chi connectivity index (χ1) is 9.49. The molecular formula is C13H29F3N2O3. The largest absolute Gasteiger partial charge is 0.444 e. The number of carbonyl (C=O) groups is 1. The van der Waals surface area contributed by atoms with Gasteiger partial charge in [0.2, 0.25) is 0 Å². The second kappa shape index (κ2) is 8.43. The molecule has 1 aliphatic rings. The minimum atomic E-state index is -4.23. The molecular weight excluding hydrogens is 289 g/mol. The number of rotatable bonds is 1. The molecule has 8 heteroatoms. The van der Waals surface area contributed by atoms with Crippen LogP contribution in [0.2, 0.25) is 0 Å². The zero-order valence-electron chi connectivity index (χ0n) is 12.9. The lowest BCUT2D eigenvalue weighted by molar-refractivity contribution is -0.179. The van der Waals surface area contributed by atoms with Crippen molar-refractivity contribution in [3.63, 3.8) is 0 Å². The van der Waals surface area contributed by atoms with E-state index in [0.29, 0.717) is 6.54 Å². The standard InChI is InChI=1S/C11H19F3N2O2.C2H6O.2H2/c1-10(2,3)18-9(17)16-8-4-7(5-15-6-8)11(12,13)14;1-2-3;;/h7-8,15H,4-6H2,1-3H3,(H,16,17);3H,2H2,1H3;2*1H/t7-,8+;;;/m1.../s1. The van der Waals surface area contributed by atoms with E-state index in [1.165, 1.54) is 0 Å². The smallest absolute Gasteiger partial charge is 0.407 e. The van der Waals surface area contributed by atoms with E-state index >= 15 is 0 Å². The number of alkyl carbamates (subject to hydrolysis) is 1. The van der Waals surface area contributed by atoms with Crippen molar-refractivity contribution >= 4 is 6.09 Å². The Morgan fingerprint density at radius 3 is 2.33 bits per heavy atom. The van der Waals surface area contributed by atoms with Crippen LogP contribution in [0.1, 0.15) is 37.0 Å². The van der Waals surface area contributed by atoms with E-state index in [4.69, 9.17) is 9.84 Å². The van der Waals surface area contributed by atoms with Crippen LogP contribution in [0.15, 0.2) is 0 Å². The molecule has 1 aliphatic heterocycles. The number of carbonyl (C=O) groups excluding carboxylic acids is 1. The molecule has 1 amide bonds. The number of ether oxygens (including phenoxy) is 1. The third kappa shape index (κ3) is 9.52. The number of amides is 1. The maximum Gasteiger partial charge on any atom is 0.407 e. The van der Waals surface area contributed by atoms with Gasteiger partial charge in [-0.25, -0.2) is 4.79 Å². The van der Waals surface area contributed by atoms with Gasteiger partial charge in [-0.3, -0.25) is 0 Å². The number of hydrogen-bond acceptors (Lipinski definition) is 4. The van der Waals surface area contributed by atoms with Crippen molar-refractivity contribution in [2.45, 2.75) is 51.9 Å². The molecule has 2 atom stereocenters. The summed E-state index contributed by atoms with van der Waals surface area (Å²) in [5, 5.41) is 12.7. The Balaban J connectivity index is -0.000000740. The predicted molar refractivity (Wildman–Crippen MR) is 77.2 cm³/mol. The number of piperidine rings is 1. The average Bonchev–Trinajstić information content (AvgIpc) is 2.26. The van der Waals surface area contributed by atoms with E-state index in [0.717, 1.165) is 0 Å². The van der Waals surface area contributed by atoms with Crippen molar-refractivity contribution in [3.05, 3.63) is 0 Å². The summed E-state index contributed by atoms with van der Waals surface area (Å²) in [5.41, 5.74) is -0.657. The lowest BCUT2D eigenvalue weighted by atomic mass is 9.95. The summed E-state index contributed by atoms with van der Waals surface area (Å²) >= 11 is 0. The Bertz CT molecular complexity index is 327. The van der Waals surface area contributed by atoms with Gasteiger partial charge in [-0.2, -0.15) is 13.2 Å². The van der Waals surface area contributed by atoms with Crippen molar-refractivity contribution in [1.29, 1.82) is 0 Å². The Hall–Kier alpha value is -1.02. The Labute approximate surface area is 126 Å².